The summed E-state index contributed by atoms with van der Waals surface area (Å²) in [4.78, 5) is 3.07. The summed E-state index contributed by atoms with van der Waals surface area (Å²) in [6.07, 6.45) is 6.08. The Hall–Kier alpha value is -1.63. The number of hydrogen-bond donors (Lipinski definition) is 2. The van der Waals surface area contributed by atoms with Crippen molar-refractivity contribution in [2.24, 2.45) is 27.9 Å². The number of ether oxygens (including phenoxy) is 2. The Labute approximate surface area is 150 Å². The summed E-state index contributed by atoms with van der Waals surface area (Å²) in [6, 6.07) is 4.90. The minimum Gasteiger partial charge on any atom is -0.314 e. The average molecular weight is 345 g/mol. The Bertz CT molecular complexity index is 647. The van der Waals surface area contributed by atoms with E-state index >= 15 is 0 Å². The van der Waals surface area contributed by atoms with Crippen molar-refractivity contribution in [3.8, 4) is 12.1 Å². The van der Waals surface area contributed by atoms with Crippen molar-refractivity contribution < 1.29 is 14.5 Å². The molecule has 0 aromatic carbocycles. The van der Waals surface area contributed by atoms with Gasteiger partial charge in [-0.25, -0.2) is 4.99 Å². The van der Waals surface area contributed by atoms with Gasteiger partial charge < -0.3 is 9.47 Å². The number of nitrogens with zero attached hydrogens (tertiary/aromatic N) is 2. The molecule has 1 spiro atoms. The van der Waals surface area contributed by atoms with Crippen LogP contribution < -0.4 is 10.7 Å². The van der Waals surface area contributed by atoms with E-state index in [1.165, 1.54) is 12.8 Å². The summed E-state index contributed by atoms with van der Waals surface area (Å²) in [6.45, 7) is 6.68. The second-order valence-corrected chi connectivity index (χ2v) is 7.56. The fraction of sp³-hybridized carbons (Fsp3) is 0.842. The third kappa shape index (κ3) is 1.77. The van der Waals surface area contributed by atoms with Crippen molar-refractivity contribution >= 4 is 5.84 Å². The summed E-state index contributed by atoms with van der Waals surface area (Å²) in [7, 11) is 0. The van der Waals surface area contributed by atoms with E-state index in [0.29, 0.717) is 25.0 Å². The van der Waals surface area contributed by atoms with E-state index < -0.39 is 22.2 Å². The van der Waals surface area contributed by atoms with E-state index in [0.717, 1.165) is 25.7 Å². The fourth-order valence-corrected chi connectivity index (χ4v) is 5.95. The molecule has 0 radical (unpaired) electrons. The zero-order valence-electron chi connectivity index (χ0n) is 15.5. The van der Waals surface area contributed by atoms with Crippen LogP contribution in [0, 0.1) is 44.8 Å². The van der Waals surface area contributed by atoms with Crippen LogP contribution in [0.2, 0.25) is 0 Å². The van der Waals surface area contributed by atoms with E-state index in [1.54, 1.807) is 0 Å². The third-order valence-electron chi connectivity index (χ3n) is 6.82. The molecule has 0 unspecified atom stereocenters. The third-order valence-corrected chi connectivity index (χ3v) is 6.82. The van der Waals surface area contributed by atoms with E-state index in [1.807, 2.05) is 13.8 Å². The maximum Gasteiger partial charge on any atom is 0.343 e. The van der Waals surface area contributed by atoms with Crippen molar-refractivity contribution in [3.05, 3.63) is 0 Å². The Morgan fingerprint density at radius 1 is 1.12 bits per heavy atom. The molecule has 3 aliphatic rings. The topological polar surface area (TPSA) is 106 Å². The van der Waals surface area contributed by atoms with Crippen LogP contribution >= 0.6 is 0 Å². The van der Waals surface area contributed by atoms with E-state index in [4.69, 9.17) is 15.2 Å². The van der Waals surface area contributed by atoms with Gasteiger partial charge in [0.25, 0.3) is 5.84 Å². The summed E-state index contributed by atoms with van der Waals surface area (Å²) in [5.41, 5.74) is 3.73. The minimum absolute atomic E-state index is 0.340. The number of fused-ring (bicyclic) bond motifs is 3. The Morgan fingerprint density at radius 3 is 2.16 bits per heavy atom. The number of hydrogen-bond acceptors (Lipinski definition) is 5. The molecule has 3 N–H and O–H groups in total. The highest BCUT2D eigenvalue weighted by Gasteiger charge is 3.03. The number of nitrogens with one attached hydrogen (secondary N) is 1. The second-order valence-electron chi connectivity index (χ2n) is 7.56. The van der Waals surface area contributed by atoms with Gasteiger partial charge in [0, 0.05) is 5.41 Å². The molecule has 1 heterocycles. The molecule has 3 rings (SSSR count). The lowest BCUT2D eigenvalue weighted by atomic mass is 9.71. The van der Waals surface area contributed by atoms with Crippen LogP contribution in [-0.2, 0) is 9.47 Å². The highest BCUT2D eigenvalue weighted by Crippen LogP contribution is 2.86. The fourth-order valence-electron chi connectivity index (χ4n) is 5.95. The molecule has 0 saturated heterocycles. The van der Waals surface area contributed by atoms with Gasteiger partial charge in [0.1, 0.15) is 0 Å². The first-order chi connectivity index (χ1) is 12.0. The predicted octanol–water partition coefficient (Wildman–Crippen LogP) is 1.17. The molecule has 136 valence electrons. The SMILES string of the molecule is CCCC1CCC2(CC1)[C@]1(C#N)C(OCC)(OCC)[NH+]=C(N)[C@]21C#N. The summed E-state index contributed by atoms with van der Waals surface area (Å²) in [5.74, 6) is -0.318. The summed E-state index contributed by atoms with van der Waals surface area (Å²) >= 11 is 0. The first kappa shape index (κ1) is 18.2. The van der Waals surface area contributed by atoms with Crippen LogP contribution in [0.3, 0.4) is 0 Å². The van der Waals surface area contributed by atoms with Gasteiger partial charge in [0.15, 0.2) is 10.8 Å². The highest BCUT2D eigenvalue weighted by atomic mass is 16.7. The molecule has 0 aromatic rings. The summed E-state index contributed by atoms with van der Waals surface area (Å²) < 4.78 is 11.9. The lowest BCUT2D eigenvalue weighted by Gasteiger charge is -2.36. The van der Waals surface area contributed by atoms with Crippen molar-refractivity contribution in [3.63, 3.8) is 0 Å². The molecular formula is C19H29N4O2+. The van der Waals surface area contributed by atoms with Crippen LogP contribution in [0.1, 0.15) is 59.3 Å². The molecule has 1 aliphatic heterocycles. The largest absolute Gasteiger partial charge is 0.343 e. The first-order valence-electron chi connectivity index (χ1n) is 9.52. The second kappa shape index (κ2) is 5.97. The van der Waals surface area contributed by atoms with Crippen LogP contribution in [0.5, 0.6) is 0 Å². The van der Waals surface area contributed by atoms with Crippen LogP contribution in [0.4, 0.5) is 0 Å². The first-order valence-corrected chi connectivity index (χ1v) is 9.52. The molecule has 0 amide bonds. The standard InChI is InChI=1S/C19H28N4O2/c1-4-7-14-8-10-16(11-9-14)17(12-20)15(22)23-19(24-5-2,25-6-3)18(16,17)13-21/h14H,4-11H2,1-3H3,(H2,22,23)/p+1/t14?,16?,17-,18+/m1/s1. The normalized spacial score (nSPS) is 40.8. The Morgan fingerprint density at radius 2 is 1.72 bits per heavy atom. The van der Waals surface area contributed by atoms with E-state index in [9.17, 15) is 10.5 Å². The zero-order chi connectivity index (χ0) is 18.3. The number of amidine groups is 1. The van der Waals surface area contributed by atoms with Gasteiger partial charge in [-0.15, -0.1) is 0 Å². The number of nitriles is 2. The molecule has 0 aromatic heterocycles. The highest BCUT2D eigenvalue weighted by molar-refractivity contribution is 5.95. The minimum atomic E-state index is -1.33. The van der Waals surface area contributed by atoms with Gasteiger partial charge >= 0.3 is 5.91 Å². The molecule has 2 atom stereocenters. The Kier molecular flexibility index (Phi) is 4.34. The Balaban J connectivity index is 2.07. The zero-order valence-corrected chi connectivity index (χ0v) is 15.5. The molecule has 2 aliphatic carbocycles. The van der Waals surface area contributed by atoms with Gasteiger partial charge in [-0.1, -0.05) is 19.8 Å². The summed E-state index contributed by atoms with van der Waals surface area (Å²) in [5, 5.41) is 20.4. The molecular weight excluding hydrogens is 316 g/mol. The quantitative estimate of drug-likeness (QED) is 0.703. The van der Waals surface area contributed by atoms with E-state index in [-0.39, 0.29) is 0 Å². The predicted molar refractivity (Wildman–Crippen MR) is 91.5 cm³/mol. The van der Waals surface area contributed by atoms with Crippen molar-refractivity contribution in [1.82, 2.24) is 0 Å². The lowest BCUT2D eigenvalue weighted by molar-refractivity contribution is -0.695. The molecule has 25 heavy (non-hydrogen) atoms. The number of rotatable bonds is 6. The van der Waals surface area contributed by atoms with Gasteiger partial charge in [0.05, 0.1) is 25.4 Å². The molecule has 6 heteroatoms. The molecule has 0 bridgehead atoms. The maximum absolute atomic E-state index is 10.3. The van der Waals surface area contributed by atoms with Crippen LogP contribution in [-0.4, -0.2) is 25.0 Å². The lowest BCUT2D eigenvalue weighted by Crippen LogP contribution is -2.91. The van der Waals surface area contributed by atoms with Crippen molar-refractivity contribution in [2.45, 2.75) is 65.2 Å². The van der Waals surface area contributed by atoms with Gasteiger partial charge in [0.2, 0.25) is 0 Å². The molecule has 6 nitrogen and oxygen atoms in total. The maximum atomic E-state index is 10.3. The van der Waals surface area contributed by atoms with Gasteiger partial charge in [-0.05, 0) is 45.4 Å². The van der Waals surface area contributed by atoms with E-state index in [2.05, 4.69) is 24.1 Å². The van der Waals surface area contributed by atoms with Gasteiger partial charge in [-0.2, -0.15) is 10.5 Å². The van der Waals surface area contributed by atoms with Crippen molar-refractivity contribution in [2.75, 3.05) is 13.2 Å². The monoisotopic (exact) mass is 345 g/mol. The number of nitrogens with two attached hydrogens (primary N) is 1. The smallest absolute Gasteiger partial charge is 0.314 e. The van der Waals surface area contributed by atoms with Crippen LogP contribution in [0.25, 0.3) is 0 Å². The average Bonchev–Trinajstić information content (AvgIpc) is 3.04. The van der Waals surface area contributed by atoms with Gasteiger partial charge in [-0.3, -0.25) is 5.73 Å². The van der Waals surface area contributed by atoms with Crippen molar-refractivity contribution in [1.29, 1.82) is 10.5 Å². The van der Waals surface area contributed by atoms with Crippen LogP contribution in [0.15, 0.2) is 0 Å². The molecule has 2 fully saturated rings. The molecule has 2 saturated carbocycles.